The lowest BCUT2D eigenvalue weighted by Gasteiger charge is -2.33. The van der Waals surface area contributed by atoms with Crippen LogP contribution < -0.4 is 5.43 Å². The summed E-state index contributed by atoms with van der Waals surface area (Å²) in [4.78, 5) is 31.0. The van der Waals surface area contributed by atoms with Crippen LogP contribution in [0.4, 0.5) is 0 Å². The third kappa shape index (κ3) is 4.12. The average molecular weight is 377 g/mol. The number of likely N-dealkylation sites (tertiary alicyclic amines) is 1. The number of hydrogen-bond donors (Lipinski definition) is 0. The fourth-order valence-electron chi connectivity index (χ4n) is 3.63. The Morgan fingerprint density at radius 1 is 1.14 bits per heavy atom. The van der Waals surface area contributed by atoms with Crippen LogP contribution in [0.3, 0.4) is 0 Å². The molecule has 1 amide bonds. The van der Waals surface area contributed by atoms with Crippen molar-refractivity contribution in [1.82, 2.24) is 14.5 Å². The molecule has 144 valence electrons. The number of carbonyl (C=O) groups excluding carboxylic acids is 1. The molecule has 1 saturated heterocycles. The van der Waals surface area contributed by atoms with E-state index in [9.17, 15) is 9.59 Å². The minimum absolute atomic E-state index is 0.0190. The van der Waals surface area contributed by atoms with Gasteiger partial charge in [-0.3, -0.25) is 14.6 Å². The Bertz CT molecular complexity index is 1020. The highest BCUT2D eigenvalue weighted by Crippen LogP contribution is 2.16. The van der Waals surface area contributed by atoms with Crippen LogP contribution in [0, 0.1) is 0 Å². The molecule has 3 aromatic rings. The van der Waals surface area contributed by atoms with Gasteiger partial charge in [-0.05, 0) is 37.1 Å². The number of benzene rings is 1. The van der Waals surface area contributed by atoms with Gasteiger partial charge in [0.25, 0.3) is 0 Å². The first kappa shape index (κ1) is 18.4. The molecule has 1 aliphatic rings. The van der Waals surface area contributed by atoms with Gasteiger partial charge in [-0.1, -0.05) is 18.2 Å². The Morgan fingerprint density at radius 2 is 2.00 bits per heavy atom. The predicted octanol–water partition coefficient (Wildman–Crippen LogP) is 2.60. The molecule has 28 heavy (non-hydrogen) atoms. The number of rotatable bonds is 5. The number of nitrogens with zero attached hydrogens (tertiary/aromatic N) is 3. The zero-order valence-electron chi connectivity index (χ0n) is 15.7. The SMILES string of the molecule is O=C(Cn1ccc(=O)c2ccccc21)N1CCCC(OCc2ccccn2)C1. The lowest BCUT2D eigenvalue weighted by atomic mass is 10.1. The van der Waals surface area contributed by atoms with Crippen LogP contribution in [0.5, 0.6) is 0 Å². The molecule has 1 fully saturated rings. The van der Waals surface area contributed by atoms with Gasteiger partial charge in [0, 0.05) is 36.9 Å². The summed E-state index contributed by atoms with van der Waals surface area (Å²) in [5, 5.41) is 0.632. The molecular weight excluding hydrogens is 354 g/mol. The highest BCUT2D eigenvalue weighted by atomic mass is 16.5. The van der Waals surface area contributed by atoms with Crippen LogP contribution in [-0.4, -0.2) is 39.6 Å². The lowest BCUT2D eigenvalue weighted by molar-refractivity contribution is -0.136. The topological polar surface area (TPSA) is 64.4 Å². The van der Waals surface area contributed by atoms with Crippen molar-refractivity contribution in [2.45, 2.75) is 32.1 Å². The van der Waals surface area contributed by atoms with Crippen LogP contribution >= 0.6 is 0 Å². The molecule has 2 aromatic heterocycles. The van der Waals surface area contributed by atoms with Crippen LogP contribution in [-0.2, 0) is 22.7 Å². The van der Waals surface area contributed by atoms with Gasteiger partial charge in [0.2, 0.25) is 5.91 Å². The van der Waals surface area contributed by atoms with Crippen molar-refractivity contribution in [3.63, 3.8) is 0 Å². The van der Waals surface area contributed by atoms with Gasteiger partial charge in [0.1, 0.15) is 6.54 Å². The molecule has 4 rings (SSSR count). The summed E-state index contributed by atoms with van der Waals surface area (Å²) in [5.74, 6) is 0.0416. The Balaban J connectivity index is 1.41. The Morgan fingerprint density at radius 3 is 2.86 bits per heavy atom. The number of ether oxygens (including phenoxy) is 1. The van der Waals surface area contributed by atoms with Crippen LogP contribution in [0.15, 0.2) is 65.7 Å². The van der Waals surface area contributed by atoms with Gasteiger partial charge in [0.15, 0.2) is 5.43 Å². The summed E-state index contributed by atoms with van der Waals surface area (Å²) in [6.45, 7) is 2.00. The van der Waals surface area contributed by atoms with Gasteiger partial charge in [0.05, 0.1) is 23.9 Å². The molecule has 0 N–H and O–H groups in total. The van der Waals surface area contributed by atoms with Crippen LogP contribution in [0.25, 0.3) is 10.9 Å². The number of hydrogen-bond acceptors (Lipinski definition) is 4. The van der Waals surface area contributed by atoms with Crippen molar-refractivity contribution in [3.05, 3.63) is 76.8 Å². The molecule has 1 aromatic carbocycles. The zero-order chi connectivity index (χ0) is 19.3. The molecular formula is C22H23N3O3. The standard InChI is InChI=1S/C22H23N3O3/c26-21-10-13-24(20-9-2-1-8-19(20)21)15-22(27)25-12-5-7-18(14-25)28-16-17-6-3-4-11-23-17/h1-4,6,8-11,13,18H,5,7,12,14-16H2. The average Bonchev–Trinajstić information content (AvgIpc) is 2.75. The van der Waals surface area contributed by atoms with Crippen LogP contribution in [0.1, 0.15) is 18.5 Å². The van der Waals surface area contributed by atoms with Crippen LogP contribution in [0.2, 0.25) is 0 Å². The summed E-state index contributed by atoms with van der Waals surface area (Å²) in [7, 11) is 0. The molecule has 1 unspecified atom stereocenters. The molecule has 0 saturated carbocycles. The molecule has 6 heteroatoms. The number of fused-ring (bicyclic) bond motifs is 1. The first-order chi connectivity index (χ1) is 13.7. The fraction of sp³-hybridized carbons (Fsp3) is 0.318. The normalized spacial score (nSPS) is 17.0. The summed E-state index contributed by atoms with van der Waals surface area (Å²) in [6.07, 6.45) is 5.33. The maximum Gasteiger partial charge on any atom is 0.242 e. The van der Waals surface area contributed by atoms with E-state index in [4.69, 9.17) is 4.74 Å². The molecule has 1 atom stereocenters. The largest absolute Gasteiger partial charge is 0.370 e. The van der Waals surface area contributed by atoms with Crippen molar-refractivity contribution < 1.29 is 9.53 Å². The number of aromatic nitrogens is 2. The minimum atomic E-state index is -0.0275. The summed E-state index contributed by atoms with van der Waals surface area (Å²) in [5.41, 5.74) is 1.65. The first-order valence-electron chi connectivity index (χ1n) is 9.58. The van der Waals surface area contributed by atoms with Gasteiger partial charge in [-0.25, -0.2) is 0 Å². The second kappa shape index (κ2) is 8.35. The number of para-hydroxylation sites is 1. The number of pyridine rings is 2. The highest BCUT2D eigenvalue weighted by molar-refractivity contribution is 5.82. The lowest BCUT2D eigenvalue weighted by Crippen LogP contribution is -2.44. The van der Waals surface area contributed by atoms with Crippen molar-refractivity contribution in [2.24, 2.45) is 0 Å². The third-order valence-corrected chi connectivity index (χ3v) is 5.11. The maximum absolute atomic E-state index is 12.9. The summed E-state index contributed by atoms with van der Waals surface area (Å²) < 4.78 is 7.83. The van der Waals surface area contributed by atoms with Gasteiger partial charge < -0.3 is 14.2 Å². The Kier molecular flexibility index (Phi) is 5.48. The molecule has 6 nitrogen and oxygen atoms in total. The van der Waals surface area contributed by atoms with E-state index in [1.165, 1.54) is 6.07 Å². The molecule has 0 radical (unpaired) electrons. The van der Waals surface area contributed by atoms with E-state index in [-0.39, 0.29) is 24.0 Å². The predicted molar refractivity (Wildman–Crippen MR) is 107 cm³/mol. The quantitative estimate of drug-likeness (QED) is 0.686. The van der Waals surface area contributed by atoms with E-state index in [1.54, 1.807) is 18.5 Å². The number of carbonyl (C=O) groups is 1. The molecule has 0 bridgehead atoms. The van der Waals surface area contributed by atoms with E-state index in [1.807, 2.05) is 45.9 Å². The highest BCUT2D eigenvalue weighted by Gasteiger charge is 2.24. The summed E-state index contributed by atoms with van der Waals surface area (Å²) in [6, 6.07) is 14.7. The van der Waals surface area contributed by atoms with Crippen molar-refractivity contribution in [3.8, 4) is 0 Å². The Hall–Kier alpha value is -2.99. The Labute approximate surface area is 163 Å². The minimum Gasteiger partial charge on any atom is -0.370 e. The van der Waals surface area contributed by atoms with Gasteiger partial charge >= 0.3 is 0 Å². The first-order valence-corrected chi connectivity index (χ1v) is 9.58. The van der Waals surface area contributed by atoms with Crippen molar-refractivity contribution in [2.75, 3.05) is 13.1 Å². The molecule has 0 aliphatic carbocycles. The van der Waals surface area contributed by atoms with E-state index in [0.29, 0.717) is 18.5 Å². The monoisotopic (exact) mass is 377 g/mol. The smallest absolute Gasteiger partial charge is 0.242 e. The second-order valence-electron chi connectivity index (χ2n) is 7.06. The zero-order valence-corrected chi connectivity index (χ0v) is 15.7. The third-order valence-electron chi connectivity index (χ3n) is 5.11. The second-order valence-corrected chi connectivity index (χ2v) is 7.06. The number of piperidine rings is 1. The van der Waals surface area contributed by atoms with Crippen molar-refractivity contribution >= 4 is 16.8 Å². The molecule has 1 aliphatic heterocycles. The molecule has 3 heterocycles. The van der Waals surface area contributed by atoms with E-state index in [2.05, 4.69) is 4.98 Å². The number of amides is 1. The van der Waals surface area contributed by atoms with Gasteiger partial charge in [-0.15, -0.1) is 0 Å². The van der Waals surface area contributed by atoms with E-state index < -0.39 is 0 Å². The maximum atomic E-state index is 12.9. The molecule has 0 spiro atoms. The van der Waals surface area contributed by atoms with Crippen molar-refractivity contribution in [1.29, 1.82) is 0 Å². The van der Waals surface area contributed by atoms with E-state index >= 15 is 0 Å². The van der Waals surface area contributed by atoms with Gasteiger partial charge in [-0.2, -0.15) is 0 Å². The fourth-order valence-corrected chi connectivity index (χ4v) is 3.63. The summed E-state index contributed by atoms with van der Waals surface area (Å²) >= 11 is 0. The van der Waals surface area contributed by atoms with E-state index in [0.717, 1.165) is 30.6 Å².